The van der Waals surface area contributed by atoms with Crippen LogP contribution in [0.2, 0.25) is 0 Å². The number of nitrogens with one attached hydrogen (secondary N) is 1. The Labute approximate surface area is 123 Å². The van der Waals surface area contributed by atoms with E-state index in [1.807, 2.05) is 13.8 Å². The largest absolute Gasteiger partial charge is 0.480 e. The lowest BCUT2D eigenvalue weighted by Crippen LogP contribution is -2.40. The fourth-order valence-corrected chi connectivity index (χ4v) is 1.81. The highest BCUT2D eigenvalue weighted by atomic mass is 16.4. The average Bonchev–Trinajstić information content (AvgIpc) is 2.37. The molecular weight excluding hydrogens is 272 g/mol. The minimum atomic E-state index is -1.06. The van der Waals surface area contributed by atoms with Gasteiger partial charge in [-0.05, 0) is 37.1 Å². The number of nitrogens with zero attached hydrogens (tertiary/aromatic N) is 1. The van der Waals surface area contributed by atoms with E-state index in [-0.39, 0.29) is 18.2 Å². The molecule has 0 aliphatic carbocycles. The number of hydrogen-bond acceptors (Lipinski definition) is 3. The summed E-state index contributed by atoms with van der Waals surface area (Å²) in [5.74, 6) is -0.951. The number of ketones is 1. The number of aliphatic carboxylic acids is 1. The lowest BCUT2D eigenvalue weighted by Gasteiger charge is -2.23. The first kappa shape index (κ1) is 16.7. The van der Waals surface area contributed by atoms with Crippen molar-refractivity contribution in [2.24, 2.45) is 5.92 Å². The van der Waals surface area contributed by atoms with Crippen LogP contribution in [0, 0.1) is 5.92 Å². The summed E-state index contributed by atoms with van der Waals surface area (Å²) in [5.41, 5.74) is 1.07. The number of carbonyl (C=O) groups excluding carboxylic acids is 2. The molecule has 0 bridgehead atoms. The normalized spacial score (nSPS) is 10.3. The van der Waals surface area contributed by atoms with Crippen LogP contribution >= 0.6 is 0 Å². The minimum Gasteiger partial charge on any atom is -0.480 e. The number of benzene rings is 1. The third-order valence-electron chi connectivity index (χ3n) is 2.74. The topological polar surface area (TPSA) is 86.7 Å². The second-order valence-corrected chi connectivity index (χ2v) is 5.23. The molecule has 0 atom stereocenters. The second-order valence-electron chi connectivity index (χ2n) is 5.23. The van der Waals surface area contributed by atoms with Gasteiger partial charge in [0.1, 0.15) is 6.54 Å². The molecule has 0 saturated heterocycles. The van der Waals surface area contributed by atoms with Crippen LogP contribution in [0.15, 0.2) is 24.3 Å². The first-order chi connectivity index (χ1) is 9.79. The van der Waals surface area contributed by atoms with Crippen LogP contribution in [-0.2, 0) is 4.79 Å². The first-order valence-electron chi connectivity index (χ1n) is 6.68. The van der Waals surface area contributed by atoms with Gasteiger partial charge >= 0.3 is 12.0 Å². The average molecular weight is 292 g/mol. The quantitative estimate of drug-likeness (QED) is 0.788. The zero-order valence-corrected chi connectivity index (χ0v) is 12.4. The minimum absolute atomic E-state index is 0.0554. The van der Waals surface area contributed by atoms with Crippen LogP contribution in [0.3, 0.4) is 0 Å². The Balaban J connectivity index is 2.75. The zero-order valence-electron chi connectivity index (χ0n) is 12.4. The number of amides is 2. The Bertz CT molecular complexity index is 523. The Kier molecular flexibility index (Phi) is 5.90. The number of rotatable bonds is 6. The third kappa shape index (κ3) is 5.64. The number of carbonyl (C=O) groups is 3. The Hall–Kier alpha value is -2.37. The number of carboxylic acids is 1. The van der Waals surface area contributed by atoms with E-state index in [0.29, 0.717) is 17.8 Å². The molecule has 2 N–H and O–H groups in total. The van der Waals surface area contributed by atoms with E-state index in [4.69, 9.17) is 5.11 Å². The summed E-state index contributed by atoms with van der Waals surface area (Å²) in [4.78, 5) is 35.3. The van der Waals surface area contributed by atoms with Crippen molar-refractivity contribution in [3.8, 4) is 0 Å². The Morgan fingerprint density at radius 3 is 2.19 bits per heavy atom. The van der Waals surface area contributed by atoms with E-state index in [2.05, 4.69) is 5.32 Å². The van der Waals surface area contributed by atoms with Crippen molar-refractivity contribution in [1.82, 2.24) is 4.90 Å². The fraction of sp³-hybridized carbons (Fsp3) is 0.400. The van der Waals surface area contributed by atoms with Gasteiger partial charge in [-0.1, -0.05) is 13.8 Å². The monoisotopic (exact) mass is 292 g/mol. The molecule has 1 aromatic carbocycles. The van der Waals surface area contributed by atoms with Gasteiger partial charge in [-0.3, -0.25) is 9.59 Å². The number of urea groups is 1. The smallest absolute Gasteiger partial charge is 0.323 e. The van der Waals surface area contributed by atoms with Crippen molar-refractivity contribution in [2.45, 2.75) is 20.8 Å². The summed E-state index contributed by atoms with van der Waals surface area (Å²) >= 11 is 0. The molecule has 2 amide bonds. The van der Waals surface area contributed by atoms with Crippen LogP contribution in [0.1, 0.15) is 31.1 Å². The summed E-state index contributed by atoms with van der Waals surface area (Å²) in [6.07, 6.45) is 0. The number of hydrogen-bond donors (Lipinski definition) is 2. The zero-order chi connectivity index (χ0) is 16.0. The highest BCUT2D eigenvalue weighted by molar-refractivity contribution is 5.95. The molecule has 0 heterocycles. The molecule has 21 heavy (non-hydrogen) atoms. The molecule has 0 aromatic heterocycles. The highest BCUT2D eigenvalue weighted by Gasteiger charge is 2.18. The van der Waals surface area contributed by atoms with Crippen molar-refractivity contribution in [3.63, 3.8) is 0 Å². The van der Waals surface area contributed by atoms with Crippen molar-refractivity contribution in [1.29, 1.82) is 0 Å². The molecule has 0 saturated carbocycles. The lowest BCUT2D eigenvalue weighted by atomic mass is 10.1. The summed E-state index contributed by atoms with van der Waals surface area (Å²) in [7, 11) is 0. The van der Waals surface area contributed by atoms with E-state index < -0.39 is 12.0 Å². The van der Waals surface area contributed by atoms with Crippen LogP contribution < -0.4 is 5.32 Å². The van der Waals surface area contributed by atoms with Gasteiger partial charge in [-0.2, -0.15) is 0 Å². The van der Waals surface area contributed by atoms with E-state index in [1.165, 1.54) is 11.8 Å². The SMILES string of the molecule is CC(=O)c1ccc(NC(=O)N(CC(=O)O)CC(C)C)cc1. The lowest BCUT2D eigenvalue weighted by molar-refractivity contribution is -0.137. The number of Topliss-reactive ketones (excluding diaryl/α,β-unsaturated/α-hetero) is 1. The van der Waals surface area contributed by atoms with Gasteiger partial charge in [-0.15, -0.1) is 0 Å². The van der Waals surface area contributed by atoms with E-state index >= 15 is 0 Å². The summed E-state index contributed by atoms with van der Waals surface area (Å²) in [5, 5.41) is 11.5. The van der Waals surface area contributed by atoms with E-state index in [9.17, 15) is 14.4 Å². The van der Waals surface area contributed by atoms with E-state index in [1.54, 1.807) is 24.3 Å². The predicted octanol–water partition coefficient (Wildman–Crippen LogP) is 2.46. The third-order valence-corrected chi connectivity index (χ3v) is 2.74. The van der Waals surface area contributed by atoms with Crippen LogP contribution in [0.5, 0.6) is 0 Å². The van der Waals surface area contributed by atoms with Gasteiger partial charge in [0.15, 0.2) is 5.78 Å². The second kappa shape index (κ2) is 7.42. The molecule has 1 rings (SSSR count). The molecule has 0 fully saturated rings. The fourth-order valence-electron chi connectivity index (χ4n) is 1.81. The molecule has 0 aliphatic heterocycles. The van der Waals surface area contributed by atoms with Crippen LogP contribution in [-0.4, -0.2) is 40.9 Å². The van der Waals surface area contributed by atoms with Gasteiger partial charge < -0.3 is 15.3 Å². The van der Waals surface area contributed by atoms with Crippen molar-refractivity contribution >= 4 is 23.5 Å². The summed E-state index contributed by atoms with van der Waals surface area (Å²) in [6, 6.07) is 5.98. The van der Waals surface area contributed by atoms with Gasteiger partial charge in [0.25, 0.3) is 0 Å². The van der Waals surface area contributed by atoms with Crippen LogP contribution in [0.4, 0.5) is 10.5 Å². The molecule has 0 spiro atoms. The maximum Gasteiger partial charge on any atom is 0.323 e. The molecule has 0 unspecified atom stereocenters. The van der Waals surface area contributed by atoms with Gasteiger partial charge in [0.05, 0.1) is 0 Å². The summed E-state index contributed by atoms with van der Waals surface area (Å²) in [6.45, 7) is 5.28. The number of anilines is 1. The predicted molar refractivity (Wildman–Crippen MR) is 79.5 cm³/mol. The highest BCUT2D eigenvalue weighted by Crippen LogP contribution is 2.11. The molecule has 0 aliphatic rings. The van der Waals surface area contributed by atoms with Gasteiger partial charge in [0, 0.05) is 17.8 Å². The van der Waals surface area contributed by atoms with Crippen LogP contribution in [0.25, 0.3) is 0 Å². The Morgan fingerprint density at radius 2 is 1.76 bits per heavy atom. The molecule has 114 valence electrons. The maximum atomic E-state index is 12.1. The molecule has 0 radical (unpaired) electrons. The molecule has 1 aromatic rings. The van der Waals surface area contributed by atoms with Crippen molar-refractivity contribution < 1.29 is 19.5 Å². The molecule has 6 nitrogen and oxygen atoms in total. The molecule has 6 heteroatoms. The van der Waals surface area contributed by atoms with Gasteiger partial charge in [-0.25, -0.2) is 4.79 Å². The van der Waals surface area contributed by atoms with Crippen molar-refractivity contribution in [2.75, 3.05) is 18.4 Å². The first-order valence-corrected chi connectivity index (χ1v) is 6.68. The molecular formula is C15H20N2O4. The van der Waals surface area contributed by atoms with Gasteiger partial charge in [0.2, 0.25) is 0 Å². The Morgan fingerprint density at radius 1 is 1.19 bits per heavy atom. The van der Waals surface area contributed by atoms with E-state index in [0.717, 1.165) is 0 Å². The van der Waals surface area contributed by atoms with Crippen molar-refractivity contribution in [3.05, 3.63) is 29.8 Å². The summed E-state index contributed by atoms with van der Waals surface area (Å²) < 4.78 is 0. The standard InChI is InChI=1S/C15H20N2O4/c1-10(2)8-17(9-14(19)20)15(21)16-13-6-4-12(5-7-13)11(3)18/h4-7,10H,8-9H2,1-3H3,(H,16,21)(H,19,20). The number of carboxylic acid groups (broad SMARTS) is 1. The maximum absolute atomic E-state index is 12.1.